The van der Waals surface area contributed by atoms with Crippen molar-refractivity contribution in [2.24, 2.45) is 0 Å². The molecule has 1 aliphatic heterocycles. The summed E-state index contributed by atoms with van der Waals surface area (Å²) < 4.78 is 55.2. The number of hydrogen-bond acceptors (Lipinski definition) is 4. The highest BCUT2D eigenvalue weighted by Gasteiger charge is 2.31. The highest BCUT2D eigenvalue weighted by Crippen LogP contribution is 2.36. The number of nitriles is 1. The number of rotatable bonds is 5. The van der Waals surface area contributed by atoms with Gasteiger partial charge in [-0.2, -0.15) is 18.4 Å². The van der Waals surface area contributed by atoms with E-state index in [1.54, 1.807) is 49.2 Å². The quantitative estimate of drug-likeness (QED) is 0.282. The minimum absolute atomic E-state index is 0.132. The predicted octanol–water partition coefficient (Wildman–Crippen LogP) is 6.73. The van der Waals surface area contributed by atoms with Gasteiger partial charge in [-0.25, -0.2) is 4.39 Å². The number of halogens is 4. The molecule has 0 saturated carbocycles. The lowest BCUT2D eigenvalue weighted by molar-refractivity contribution is -0.137. The van der Waals surface area contributed by atoms with Crippen molar-refractivity contribution < 1.29 is 22.4 Å². The molecule has 0 aliphatic carbocycles. The van der Waals surface area contributed by atoms with E-state index in [0.29, 0.717) is 39.7 Å². The van der Waals surface area contributed by atoms with Gasteiger partial charge in [0.25, 0.3) is 5.91 Å². The van der Waals surface area contributed by atoms with Crippen molar-refractivity contribution in [2.75, 3.05) is 20.1 Å². The highest BCUT2D eigenvalue weighted by molar-refractivity contribution is 6.12. The van der Waals surface area contributed by atoms with Crippen LogP contribution in [0.25, 0.3) is 33.2 Å². The molecule has 0 spiro atoms. The van der Waals surface area contributed by atoms with Crippen LogP contribution in [-0.2, 0) is 6.18 Å². The van der Waals surface area contributed by atoms with Gasteiger partial charge in [-0.3, -0.25) is 9.78 Å². The molecular formula is C31H26F4N4O. The van der Waals surface area contributed by atoms with Gasteiger partial charge < -0.3 is 10.2 Å². The monoisotopic (exact) mass is 546 g/mol. The van der Waals surface area contributed by atoms with Crippen LogP contribution in [0.1, 0.15) is 39.9 Å². The van der Waals surface area contributed by atoms with E-state index in [-0.39, 0.29) is 28.6 Å². The van der Waals surface area contributed by atoms with Crippen LogP contribution in [0.3, 0.4) is 0 Å². The van der Waals surface area contributed by atoms with Crippen molar-refractivity contribution in [1.29, 1.82) is 5.26 Å². The maximum atomic E-state index is 14.4. The van der Waals surface area contributed by atoms with Crippen molar-refractivity contribution in [3.63, 3.8) is 0 Å². The van der Waals surface area contributed by atoms with E-state index in [2.05, 4.69) is 10.3 Å². The highest BCUT2D eigenvalue weighted by atomic mass is 19.4. The third-order valence-corrected chi connectivity index (χ3v) is 7.16. The SMILES string of the molecule is Cc1cc(F)cc(-c2cnc3ccc(-c4cc(C#N)cc(C(F)(F)F)c4)cc3c2C(=O)N(C)C[C@@H]2CCCN2)c1. The molecule has 1 fully saturated rings. The Morgan fingerprint density at radius 3 is 2.58 bits per heavy atom. The normalized spacial score (nSPS) is 15.3. The smallest absolute Gasteiger partial charge is 0.340 e. The van der Waals surface area contributed by atoms with Crippen molar-refractivity contribution in [3.8, 4) is 28.3 Å². The van der Waals surface area contributed by atoms with Gasteiger partial charge in [0.15, 0.2) is 0 Å². The molecule has 0 bridgehead atoms. The number of aryl methyl sites for hydroxylation is 1. The molecule has 5 rings (SSSR count). The number of aromatic nitrogens is 1. The molecule has 40 heavy (non-hydrogen) atoms. The lowest BCUT2D eigenvalue weighted by Gasteiger charge is -2.24. The predicted molar refractivity (Wildman–Crippen MR) is 145 cm³/mol. The summed E-state index contributed by atoms with van der Waals surface area (Å²) in [4.78, 5) is 20.1. The summed E-state index contributed by atoms with van der Waals surface area (Å²) in [7, 11) is 1.70. The van der Waals surface area contributed by atoms with Gasteiger partial charge in [0, 0.05) is 36.8 Å². The van der Waals surface area contributed by atoms with E-state index in [0.717, 1.165) is 31.5 Å². The molecule has 3 aromatic carbocycles. The summed E-state index contributed by atoms with van der Waals surface area (Å²) in [5.41, 5.74) is 1.80. The van der Waals surface area contributed by atoms with Gasteiger partial charge in [-0.1, -0.05) is 12.1 Å². The average Bonchev–Trinajstić information content (AvgIpc) is 3.43. The van der Waals surface area contributed by atoms with Crippen LogP contribution in [0.2, 0.25) is 0 Å². The van der Waals surface area contributed by atoms with Gasteiger partial charge in [0.05, 0.1) is 28.3 Å². The van der Waals surface area contributed by atoms with Crippen molar-refractivity contribution in [1.82, 2.24) is 15.2 Å². The number of amides is 1. The first-order valence-electron chi connectivity index (χ1n) is 12.9. The molecule has 9 heteroatoms. The van der Waals surface area contributed by atoms with E-state index >= 15 is 0 Å². The first-order valence-corrected chi connectivity index (χ1v) is 12.9. The van der Waals surface area contributed by atoms with Crippen molar-refractivity contribution in [2.45, 2.75) is 32.0 Å². The Hall–Kier alpha value is -4.29. The molecular weight excluding hydrogens is 520 g/mol. The number of nitrogens with zero attached hydrogens (tertiary/aromatic N) is 3. The van der Waals surface area contributed by atoms with Crippen molar-refractivity contribution >= 4 is 16.8 Å². The van der Waals surface area contributed by atoms with E-state index in [9.17, 15) is 27.6 Å². The molecule has 0 radical (unpaired) electrons. The molecule has 1 amide bonds. The second-order valence-electron chi connectivity index (χ2n) is 10.2. The third-order valence-electron chi connectivity index (χ3n) is 7.16. The molecule has 1 aromatic heterocycles. The second-order valence-corrected chi connectivity index (χ2v) is 10.2. The number of likely N-dealkylation sites (N-methyl/N-ethyl adjacent to an activating group) is 1. The summed E-state index contributed by atoms with van der Waals surface area (Å²) >= 11 is 0. The molecule has 2 heterocycles. The Kier molecular flexibility index (Phi) is 7.30. The van der Waals surface area contributed by atoms with Gasteiger partial charge in [-0.15, -0.1) is 0 Å². The largest absolute Gasteiger partial charge is 0.416 e. The summed E-state index contributed by atoms with van der Waals surface area (Å²) in [6, 6.07) is 14.4. The zero-order chi connectivity index (χ0) is 28.6. The molecule has 1 saturated heterocycles. The zero-order valence-corrected chi connectivity index (χ0v) is 21.9. The van der Waals surface area contributed by atoms with Crippen LogP contribution in [0.5, 0.6) is 0 Å². The van der Waals surface area contributed by atoms with E-state index in [1.165, 1.54) is 24.4 Å². The first kappa shape index (κ1) is 27.3. The Labute approximate surface area is 229 Å². The average molecular weight is 547 g/mol. The van der Waals surface area contributed by atoms with Crippen molar-refractivity contribution in [3.05, 3.63) is 88.9 Å². The summed E-state index contributed by atoms with van der Waals surface area (Å²) in [6.45, 7) is 3.09. The number of carbonyl (C=O) groups is 1. The van der Waals surface area contributed by atoms with E-state index < -0.39 is 17.6 Å². The summed E-state index contributed by atoms with van der Waals surface area (Å²) in [5.74, 6) is -0.768. The number of hydrogen-bond donors (Lipinski definition) is 1. The fourth-order valence-electron chi connectivity index (χ4n) is 5.25. The fraction of sp³-hybridized carbons (Fsp3) is 0.258. The summed E-state index contributed by atoms with van der Waals surface area (Å²) in [5, 5.41) is 13.2. The van der Waals surface area contributed by atoms with Crippen LogP contribution in [0.15, 0.2) is 60.8 Å². The Balaban J connectivity index is 1.72. The van der Waals surface area contributed by atoms with Crippen LogP contribution >= 0.6 is 0 Å². The standard InChI is InChI=1S/C31H26F4N4O/c1-18-8-22(13-24(32)9-18)27-16-38-28-6-5-20(21-10-19(15-36)11-23(12-21)31(33,34)35)14-26(28)29(27)30(40)39(2)17-25-4-3-7-37-25/h5-6,8-14,16,25,37H,3-4,7,17H2,1-2H3/t25-/m0/s1. The molecule has 1 N–H and O–H groups in total. The Morgan fingerprint density at radius 1 is 1.10 bits per heavy atom. The van der Waals surface area contributed by atoms with Crippen LogP contribution in [0, 0.1) is 24.1 Å². The van der Waals surface area contributed by atoms with Crippen LogP contribution in [0.4, 0.5) is 17.6 Å². The van der Waals surface area contributed by atoms with Crippen LogP contribution in [-0.4, -0.2) is 42.0 Å². The second kappa shape index (κ2) is 10.7. The molecule has 1 aliphatic rings. The first-order chi connectivity index (χ1) is 19.0. The minimum Gasteiger partial charge on any atom is -0.340 e. The van der Waals surface area contributed by atoms with E-state index in [4.69, 9.17) is 0 Å². The lowest BCUT2D eigenvalue weighted by atomic mass is 9.93. The molecule has 1 atom stereocenters. The summed E-state index contributed by atoms with van der Waals surface area (Å²) in [6.07, 6.45) is -1.15. The lowest BCUT2D eigenvalue weighted by Crippen LogP contribution is -2.38. The molecule has 0 unspecified atom stereocenters. The number of alkyl halides is 3. The maximum Gasteiger partial charge on any atom is 0.416 e. The number of benzene rings is 3. The number of carbonyl (C=O) groups excluding carboxylic acids is 1. The fourth-order valence-corrected chi connectivity index (χ4v) is 5.25. The van der Waals surface area contributed by atoms with E-state index in [1.807, 2.05) is 0 Å². The molecule has 5 nitrogen and oxygen atoms in total. The number of nitrogens with one attached hydrogen (secondary N) is 1. The topological polar surface area (TPSA) is 69.0 Å². The van der Waals surface area contributed by atoms with Gasteiger partial charge in [0.1, 0.15) is 5.82 Å². The minimum atomic E-state index is -4.64. The van der Waals surface area contributed by atoms with Crippen LogP contribution < -0.4 is 5.32 Å². The molecule has 204 valence electrons. The Morgan fingerprint density at radius 2 is 1.90 bits per heavy atom. The Bertz CT molecular complexity index is 1630. The maximum absolute atomic E-state index is 14.4. The van der Waals surface area contributed by atoms with Gasteiger partial charge >= 0.3 is 6.18 Å². The molecule has 4 aromatic rings. The van der Waals surface area contributed by atoms with Gasteiger partial charge in [-0.05, 0) is 91.0 Å². The third kappa shape index (κ3) is 5.54. The number of fused-ring (bicyclic) bond motifs is 1. The number of pyridine rings is 1. The zero-order valence-electron chi connectivity index (χ0n) is 21.9. The van der Waals surface area contributed by atoms with Gasteiger partial charge in [0.2, 0.25) is 0 Å².